The number of hydrogen-bond donors (Lipinski definition) is 1. The Morgan fingerprint density at radius 1 is 1.32 bits per heavy atom. The number of rotatable bonds is 8. The van der Waals surface area contributed by atoms with E-state index in [-0.39, 0.29) is 5.60 Å². The number of nitrogens with one attached hydrogen (secondary N) is 1. The molecule has 1 aromatic rings. The Balaban J connectivity index is 2.65. The SMILES string of the molecule is CCNCc1cccc(Br)c1OCCC(C)(C)OC. The standard InChI is InChI=1S/C15H24BrNO2/c1-5-17-11-12-7-6-8-13(16)14(12)19-10-9-15(2,3)18-4/h6-8,17H,5,9-11H2,1-4H3. The first-order valence-corrected chi connectivity index (χ1v) is 7.45. The highest BCUT2D eigenvalue weighted by atomic mass is 79.9. The Morgan fingerprint density at radius 3 is 2.68 bits per heavy atom. The second-order valence-corrected chi connectivity index (χ2v) is 5.93. The van der Waals surface area contributed by atoms with Gasteiger partial charge in [-0.25, -0.2) is 0 Å². The third kappa shape index (κ3) is 5.51. The molecule has 0 aliphatic carbocycles. The summed E-state index contributed by atoms with van der Waals surface area (Å²) >= 11 is 3.55. The van der Waals surface area contributed by atoms with Gasteiger partial charge in [0.05, 0.1) is 16.7 Å². The molecule has 0 heterocycles. The normalized spacial score (nSPS) is 11.6. The molecule has 0 spiro atoms. The van der Waals surface area contributed by atoms with Crippen LogP contribution in [0.5, 0.6) is 5.75 Å². The summed E-state index contributed by atoms with van der Waals surface area (Å²) in [7, 11) is 1.73. The Labute approximate surface area is 124 Å². The molecule has 0 atom stereocenters. The number of hydrogen-bond acceptors (Lipinski definition) is 3. The molecule has 1 aromatic carbocycles. The summed E-state index contributed by atoms with van der Waals surface area (Å²) in [6, 6.07) is 6.12. The number of methoxy groups -OCH3 is 1. The first-order valence-electron chi connectivity index (χ1n) is 6.66. The van der Waals surface area contributed by atoms with Gasteiger partial charge in [-0.3, -0.25) is 0 Å². The predicted molar refractivity (Wildman–Crippen MR) is 82.7 cm³/mol. The molecule has 0 unspecified atom stereocenters. The molecule has 0 bridgehead atoms. The lowest BCUT2D eigenvalue weighted by Crippen LogP contribution is -2.25. The van der Waals surface area contributed by atoms with Crippen molar-refractivity contribution in [3.05, 3.63) is 28.2 Å². The first-order chi connectivity index (χ1) is 9.00. The molecular weight excluding hydrogens is 306 g/mol. The molecule has 108 valence electrons. The van der Waals surface area contributed by atoms with Crippen LogP contribution in [0.4, 0.5) is 0 Å². The van der Waals surface area contributed by atoms with E-state index in [2.05, 4.69) is 48.1 Å². The average Bonchev–Trinajstić information content (AvgIpc) is 2.38. The van der Waals surface area contributed by atoms with Crippen molar-refractivity contribution in [1.29, 1.82) is 0 Å². The van der Waals surface area contributed by atoms with Crippen LogP contribution in [-0.4, -0.2) is 25.9 Å². The van der Waals surface area contributed by atoms with Crippen molar-refractivity contribution in [2.24, 2.45) is 0 Å². The average molecular weight is 330 g/mol. The van der Waals surface area contributed by atoms with Crippen LogP contribution in [0.3, 0.4) is 0 Å². The minimum Gasteiger partial charge on any atom is -0.492 e. The van der Waals surface area contributed by atoms with E-state index in [1.165, 1.54) is 5.56 Å². The lowest BCUT2D eigenvalue weighted by molar-refractivity contribution is 0.00531. The minimum atomic E-state index is -0.150. The van der Waals surface area contributed by atoms with Gasteiger partial charge in [-0.05, 0) is 42.4 Å². The van der Waals surface area contributed by atoms with Crippen molar-refractivity contribution < 1.29 is 9.47 Å². The third-order valence-electron chi connectivity index (χ3n) is 3.12. The van der Waals surface area contributed by atoms with Crippen molar-refractivity contribution in [2.75, 3.05) is 20.3 Å². The van der Waals surface area contributed by atoms with Crippen LogP contribution in [0, 0.1) is 0 Å². The number of halogens is 1. The summed E-state index contributed by atoms with van der Waals surface area (Å²) in [5.74, 6) is 0.926. The molecule has 0 aromatic heterocycles. The van der Waals surface area contributed by atoms with Crippen LogP contribution in [0.15, 0.2) is 22.7 Å². The number of benzene rings is 1. The van der Waals surface area contributed by atoms with Crippen LogP contribution < -0.4 is 10.1 Å². The summed E-state index contributed by atoms with van der Waals surface area (Å²) in [5.41, 5.74) is 1.02. The minimum absolute atomic E-state index is 0.150. The molecule has 19 heavy (non-hydrogen) atoms. The monoisotopic (exact) mass is 329 g/mol. The first kappa shape index (κ1) is 16.5. The van der Waals surface area contributed by atoms with Gasteiger partial charge in [0, 0.05) is 25.6 Å². The number of para-hydroxylation sites is 1. The summed E-state index contributed by atoms with van der Waals surface area (Å²) < 4.78 is 12.3. The maximum atomic E-state index is 5.94. The van der Waals surface area contributed by atoms with Crippen molar-refractivity contribution in [1.82, 2.24) is 5.32 Å². The van der Waals surface area contributed by atoms with Crippen molar-refractivity contribution >= 4 is 15.9 Å². The number of ether oxygens (including phenoxy) is 2. The second-order valence-electron chi connectivity index (χ2n) is 5.07. The Kier molecular flexibility index (Phi) is 6.83. The van der Waals surface area contributed by atoms with Gasteiger partial charge in [-0.2, -0.15) is 0 Å². The van der Waals surface area contributed by atoms with Crippen molar-refractivity contribution in [3.8, 4) is 5.75 Å². The van der Waals surface area contributed by atoms with E-state index in [0.717, 1.165) is 29.7 Å². The van der Waals surface area contributed by atoms with Gasteiger partial charge in [0.25, 0.3) is 0 Å². The molecule has 0 radical (unpaired) electrons. The van der Waals surface area contributed by atoms with Gasteiger partial charge >= 0.3 is 0 Å². The predicted octanol–water partition coefficient (Wildman–Crippen LogP) is 3.75. The maximum Gasteiger partial charge on any atom is 0.137 e. The van der Waals surface area contributed by atoms with E-state index in [0.29, 0.717) is 6.61 Å². The highest BCUT2D eigenvalue weighted by Crippen LogP contribution is 2.29. The zero-order chi connectivity index (χ0) is 14.3. The van der Waals surface area contributed by atoms with E-state index >= 15 is 0 Å². The lowest BCUT2D eigenvalue weighted by Gasteiger charge is -2.23. The molecule has 1 N–H and O–H groups in total. The molecular formula is C15H24BrNO2. The molecule has 0 aliphatic rings. The Morgan fingerprint density at radius 2 is 2.05 bits per heavy atom. The molecule has 0 aliphatic heterocycles. The molecule has 3 nitrogen and oxygen atoms in total. The molecule has 0 fully saturated rings. The summed E-state index contributed by atoms with van der Waals surface area (Å²) in [5, 5.41) is 3.32. The fourth-order valence-corrected chi connectivity index (χ4v) is 2.14. The molecule has 4 heteroatoms. The van der Waals surface area contributed by atoms with Crippen molar-refractivity contribution in [2.45, 2.75) is 39.3 Å². The molecule has 0 saturated heterocycles. The fourth-order valence-electron chi connectivity index (χ4n) is 1.61. The summed E-state index contributed by atoms with van der Waals surface area (Å²) in [6.07, 6.45) is 0.853. The van der Waals surface area contributed by atoms with E-state index < -0.39 is 0 Å². The van der Waals surface area contributed by atoms with Crippen LogP contribution in [0.1, 0.15) is 32.8 Å². The topological polar surface area (TPSA) is 30.5 Å². The van der Waals surface area contributed by atoms with Crippen LogP contribution >= 0.6 is 15.9 Å². The fraction of sp³-hybridized carbons (Fsp3) is 0.600. The summed E-state index contributed by atoms with van der Waals surface area (Å²) in [4.78, 5) is 0. The van der Waals surface area contributed by atoms with E-state index in [4.69, 9.17) is 9.47 Å². The van der Waals surface area contributed by atoms with Gasteiger partial charge < -0.3 is 14.8 Å². The van der Waals surface area contributed by atoms with Gasteiger partial charge in [-0.15, -0.1) is 0 Å². The Hall–Kier alpha value is -0.580. The van der Waals surface area contributed by atoms with Gasteiger partial charge in [0.15, 0.2) is 0 Å². The van der Waals surface area contributed by atoms with Crippen LogP contribution in [-0.2, 0) is 11.3 Å². The van der Waals surface area contributed by atoms with E-state index in [1.54, 1.807) is 7.11 Å². The van der Waals surface area contributed by atoms with Crippen LogP contribution in [0.2, 0.25) is 0 Å². The smallest absolute Gasteiger partial charge is 0.137 e. The molecule has 0 amide bonds. The quantitative estimate of drug-likeness (QED) is 0.787. The lowest BCUT2D eigenvalue weighted by atomic mass is 10.1. The van der Waals surface area contributed by atoms with Gasteiger partial charge in [0.1, 0.15) is 5.75 Å². The third-order valence-corrected chi connectivity index (χ3v) is 3.74. The largest absolute Gasteiger partial charge is 0.492 e. The molecule has 1 rings (SSSR count). The molecule has 0 saturated carbocycles. The van der Waals surface area contributed by atoms with Crippen molar-refractivity contribution in [3.63, 3.8) is 0 Å². The van der Waals surface area contributed by atoms with Crippen LogP contribution in [0.25, 0.3) is 0 Å². The highest BCUT2D eigenvalue weighted by Gasteiger charge is 2.17. The zero-order valence-electron chi connectivity index (χ0n) is 12.3. The highest BCUT2D eigenvalue weighted by molar-refractivity contribution is 9.10. The zero-order valence-corrected chi connectivity index (χ0v) is 13.8. The van der Waals surface area contributed by atoms with E-state index in [9.17, 15) is 0 Å². The van der Waals surface area contributed by atoms with Gasteiger partial charge in [-0.1, -0.05) is 19.1 Å². The summed E-state index contributed by atoms with van der Waals surface area (Å²) in [6.45, 7) is 8.63. The Bertz CT molecular complexity index is 394. The van der Waals surface area contributed by atoms with E-state index in [1.807, 2.05) is 12.1 Å². The van der Waals surface area contributed by atoms with Gasteiger partial charge in [0.2, 0.25) is 0 Å². The second kappa shape index (κ2) is 7.88. The maximum absolute atomic E-state index is 5.94.